The third kappa shape index (κ3) is 15.1. The van der Waals surface area contributed by atoms with Gasteiger partial charge in [0, 0.05) is 53.2 Å². The van der Waals surface area contributed by atoms with Crippen molar-refractivity contribution in [1.29, 1.82) is 0 Å². The van der Waals surface area contributed by atoms with E-state index < -0.39 is 59.1 Å². The Morgan fingerprint density at radius 3 is 1.26 bits per heavy atom. The molecule has 0 aliphatic rings. The summed E-state index contributed by atoms with van der Waals surface area (Å²) in [6.07, 6.45) is -4.75. The lowest BCUT2D eigenvalue weighted by Crippen LogP contribution is -2.19. The first-order valence-electron chi connectivity index (χ1n) is 20.0. The van der Waals surface area contributed by atoms with Crippen molar-refractivity contribution in [3.8, 4) is 17.2 Å². The van der Waals surface area contributed by atoms with Crippen LogP contribution in [0.3, 0.4) is 0 Å². The van der Waals surface area contributed by atoms with E-state index in [9.17, 15) is 54.3 Å². The molecule has 0 fully saturated rings. The number of non-ortho nitro benzene ring substituents is 3. The summed E-state index contributed by atoms with van der Waals surface area (Å²) in [5.74, 6) is -0.580. The molecule has 69 heavy (non-hydrogen) atoms. The van der Waals surface area contributed by atoms with Crippen molar-refractivity contribution in [2.75, 3.05) is 10.6 Å². The Morgan fingerprint density at radius 1 is 0.435 bits per heavy atom. The molecular weight excluding hydrogens is 911 g/mol. The van der Waals surface area contributed by atoms with Crippen LogP contribution in [0.25, 0.3) is 0 Å². The molecule has 0 heterocycles. The largest absolute Gasteiger partial charge is 0.514 e. The van der Waals surface area contributed by atoms with Gasteiger partial charge in [0.1, 0.15) is 43.7 Å². The second kappa shape index (κ2) is 23.3. The summed E-state index contributed by atoms with van der Waals surface area (Å²) in [6, 6.07) is 31.7. The number of carbonyl (C=O) groups is 5. The average molecular weight is 946 g/mol. The number of hydrogen-bond acceptors (Lipinski definition) is 18. The van der Waals surface area contributed by atoms with Crippen molar-refractivity contribution < 1.29 is 71.9 Å². The van der Waals surface area contributed by atoms with E-state index >= 15 is 0 Å². The van der Waals surface area contributed by atoms with Crippen LogP contribution in [-0.4, -0.2) is 45.2 Å². The molecule has 0 radical (unpaired) electrons. The third-order valence-corrected chi connectivity index (χ3v) is 9.20. The molecule has 6 rings (SSSR count). The summed E-state index contributed by atoms with van der Waals surface area (Å²) in [5.41, 5.74) is 0.962. The van der Waals surface area contributed by atoms with Crippen molar-refractivity contribution in [2.24, 2.45) is 0 Å². The zero-order valence-corrected chi connectivity index (χ0v) is 35.5. The number of anilines is 2. The summed E-state index contributed by atoms with van der Waals surface area (Å²) >= 11 is 0. The van der Waals surface area contributed by atoms with Gasteiger partial charge < -0.3 is 38.5 Å². The summed E-state index contributed by atoms with van der Waals surface area (Å²) in [6.45, 7) is -2.20. The molecule has 0 saturated carbocycles. The monoisotopic (exact) mass is 945 g/mol. The molecule has 0 saturated heterocycles. The summed E-state index contributed by atoms with van der Waals surface area (Å²) < 4.78 is 36.8. The first-order valence-corrected chi connectivity index (χ1v) is 20.0. The first-order chi connectivity index (χ1) is 33.2. The van der Waals surface area contributed by atoms with Crippen molar-refractivity contribution in [3.63, 3.8) is 0 Å². The molecule has 0 bridgehead atoms. The number of hydrogen-bond donors (Lipinski definition) is 2. The molecule has 23 nitrogen and oxygen atoms in total. The van der Waals surface area contributed by atoms with Crippen molar-refractivity contribution in [3.05, 3.63) is 198 Å². The number of nitro benzene ring substituents is 3. The van der Waals surface area contributed by atoms with E-state index in [1.54, 1.807) is 24.3 Å². The smallest absolute Gasteiger partial charge is 0.444 e. The van der Waals surface area contributed by atoms with Gasteiger partial charge in [-0.2, -0.15) is 0 Å². The Labute approximate surface area is 388 Å². The first kappa shape index (κ1) is 48.5. The number of carbonyl (C=O) groups excluding carboxylic acids is 5. The highest BCUT2D eigenvalue weighted by molar-refractivity contribution is 5.92. The van der Waals surface area contributed by atoms with Crippen LogP contribution >= 0.6 is 0 Å². The fourth-order valence-corrected chi connectivity index (χ4v) is 5.97. The molecule has 23 heteroatoms. The Balaban J connectivity index is 1.21. The predicted octanol–water partition coefficient (Wildman–Crippen LogP) is 9.49. The van der Waals surface area contributed by atoms with Gasteiger partial charge in [-0.1, -0.05) is 42.5 Å². The lowest BCUT2D eigenvalue weighted by atomic mass is 10.0. The molecule has 352 valence electrons. The number of nitrogens with zero attached hydrogens (tertiary/aromatic N) is 3. The highest BCUT2D eigenvalue weighted by atomic mass is 16.7. The fraction of sp³-hybridized carbons (Fsp3) is 0.109. The third-order valence-electron chi connectivity index (χ3n) is 9.20. The predicted molar refractivity (Wildman–Crippen MR) is 237 cm³/mol. The number of rotatable bonds is 18. The topological polar surface area (TPSA) is 303 Å². The van der Waals surface area contributed by atoms with E-state index in [4.69, 9.17) is 33.2 Å². The molecule has 0 atom stereocenters. The molecule has 6 aromatic rings. The second-order valence-electron chi connectivity index (χ2n) is 14.1. The normalized spacial score (nSPS) is 10.4. The zero-order valence-electron chi connectivity index (χ0n) is 35.5. The van der Waals surface area contributed by atoms with Crippen LogP contribution in [0, 0.1) is 30.3 Å². The highest BCUT2D eigenvalue weighted by Crippen LogP contribution is 2.29. The summed E-state index contributed by atoms with van der Waals surface area (Å²) in [5, 5.41) is 38.5. The fourth-order valence-electron chi connectivity index (χ4n) is 5.97. The van der Waals surface area contributed by atoms with E-state index in [0.29, 0.717) is 11.3 Å². The molecule has 0 aliphatic carbocycles. The Hall–Kier alpha value is -9.93. The van der Waals surface area contributed by atoms with Gasteiger partial charge in [-0.25, -0.2) is 19.2 Å². The van der Waals surface area contributed by atoms with Crippen LogP contribution in [-0.2, 0) is 56.6 Å². The number of benzene rings is 6. The van der Waals surface area contributed by atoms with E-state index in [-0.39, 0.29) is 75.6 Å². The molecule has 2 N–H and O–H groups in total. The summed E-state index contributed by atoms with van der Waals surface area (Å²) in [4.78, 5) is 95.6. The van der Waals surface area contributed by atoms with Gasteiger partial charge in [-0.05, 0) is 77.4 Å². The van der Waals surface area contributed by atoms with E-state index in [2.05, 4.69) is 10.6 Å². The maximum absolute atomic E-state index is 13.4. The number of amides is 2. The second-order valence-corrected chi connectivity index (χ2v) is 14.1. The van der Waals surface area contributed by atoms with Crippen LogP contribution in [0.1, 0.15) is 27.8 Å². The molecule has 6 aromatic carbocycles. The van der Waals surface area contributed by atoms with Crippen LogP contribution in [0.4, 0.5) is 47.6 Å². The number of nitrogens with one attached hydrogen (secondary N) is 2. The quantitative estimate of drug-likeness (QED) is 0.0266. The lowest BCUT2D eigenvalue weighted by molar-refractivity contribution is -0.385. The Kier molecular flexibility index (Phi) is 16.4. The minimum Gasteiger partial charge on any atom is -0.444 e. The standard InChI is InChI=1S/C46H35N5O18/c52-41(24-29-4-2-1-3-5-29)47-34-8-6-30(7-9-34)25-63-43(53)48-42-32(27-65-45(55)68-39-18-12-36(13-19-39)50(59)60)22-31(26-64-44(54)67-38-16-10-35(11-17-38)49(57)58)23-33(42)28-66-46(56)69-40-20-14-37(15-21-40)51(61)62/h1-23H,24-28H2,(H,47,52)(H,48,53). The van der Waals surface area contributed by atoms with Crippen LogP contribution < -0.4 is 24.8 Å². The molecule has 0 aliphatic heterocycles. The highest BCUT2D eigenvalue weighted by Gasteiger charge is 2.21. The minimum atomic E-state index is -1.30. The average Bonchev–Trinajstić information content (AvgIpc) is 3.33. The van der Waals surface area contributed by atoms with Gasteiger partial charge in [0.2, 0.25) is 5.91 Å². The van der Waals surface area contributed by atoms with Crippen LogP contribution in [0.5, 0.6) is 17.2 Å². The molecule has 0 aromatic heterocycles. The number of ether oxygens (including phenoxy) is 7. The molecule has 0 unspecified atom stereocenters. The maximum atomic E-state index is 13.4. The number of nitro groups is 3. The van der Waals surface area contributed by atoms with Gasteiger partial charge >= 0.3 is 24.6 Å². The SMILES string of the molecule is O=C(Cc1ccccc1)Nc1ccc(COC(=O)Nc2c(COC(=O)Oc3ccc([N+](=O)[O-])cc3)cc(COC(=O)Oc3ccc([N+](=O)[O-])cc3)cc2COC(=O)Oc2ccc([N+](=O)[O-])cc2)cc1. The van der Waals surface area contributed by atoms with Crippen LogP contribution in [0.2, 0.25) is 0 Å². The maximum Gasteiger partial charge on any atom is 0.514 e. The van der Waals surface area contributed by atoms with Crippen molar-refractivity contribution in [2.45, 2.75) is 32.8 Å². The van der Waals surface area contributed by atoms with E-state index in [1.165, 1.54) is 12.1 Å². The molecule has 2 amide bonds. The molecular formula is C46H35N5O18. The summed E-state index contributed by atoms with van der Waals surface area (Å²) in [7, 11) is 0. The zero-order chi connectivity index (χ0) is 49.3. The van der Waals surface area contributed by atoms with Gasteiger partial charge in [0.25, 0.3) is 17.1 Å². The Bertz CT molecular complexity index is 2750. The lowest BCUT2D eigenvalue weighted by Gasteiger charge is -2.18. The van der Waals surface area contributed by atoms with Crippen molar-refractivity contribution in [1.82, 2.24) is 0 Å². The van der Waals surface area contributed by atoms with E-state index in [1.807, 2.05) is 30.3 Å². The van der Waals surface area contributed by atoms with Gasteiger partial charge in [0.05, 0.1) is 26.9 Å². The van der Waals surface area contributed by atoms with Gasteiger partial charge in [-0.15, -0.1) is 0 Å². The minimum absolute atomic E-state index is 0.0182. The molecule has 0 spiro atoms. The van der Waals surface area contributed by atoms with E-state index in [0.717, 1.165) is 78.4 Å². The van der Waals surface area contributed by atoms with Crippen LogP contribution in [0.15, 0.2) is 140 Å². The van der Waals surface area contributed by atoms with Gasteiger partial charge in [-0.3, -0.25) is 40.5 Å². The van der Waals surface area contributed by atoms with Crippen molar-refractivity contribution >= 4 is 58.9 Å². The van der Waals surface area contributed by atoms with Gasteiger partial charge in [0.15, 0.2) is 0 Å². The Morgan fingerprint density at radius 2 is 0.841 bits per heavy atom.